The Morgan fingerprint density at radius 1 is 1.35 bits per heavy atom. The first kappa shape index (κ1) is 16.3. The van der Waals surface area contributed by atoms with Crippen molar-refractivity contribution in [3.63, 3.8) is 0 Å². The molecule has 2 aliphatic heterocycles. The van der Waals surface area contributed by atoms with Crippen molar-refractivity contribution in [1.82, 2.24) is 15.2 Å². The molecular formula is C17H24BrN5. The summed E-state index contributed by atoms with van der Waals surface area (Å²) in [5.41, 5.74) is 2.32. The fourth-order valence-corrected chi connectivity index (χ4v) is 3.65. The van der Waals surface area contributed by atoms with Crippen LogP contribution in [0, 0.1) is 0 Å². The fourth-order valence-electron chi connectivity index (χ4n) is 3.03. The first-order valence-corrected chi connectivity index (χ1v) is 8.82. The number of rotatable bonds is 3. The van der Waals surface area contributed by atoms with Gasteiger partial charge in [-0.25, -0.2) is 4.98 Å². The van der Waals surface area contributed by atoms with Crippen LogP contribution < -0.4 is 15.5 Å². The highest BCUT2D eigenvalue weighted by Crippen LogP contribution is 2.22. The number of hydrogen-bond acceptors (Lipinski definition) is 5. The lowest BCUT2D eigenvalue weighted by atomic mass is 10.1. The van der Waals surface area contributed by atoms with Crippen LogP contribution in [-0.4, -0.2) is 48.6 Å². The maximum absolute atomic E-state index is 4.59. The van der Waals surface area contributed by atoms with E-state index >= 15 is 0 Å². The van der Waals surface area contributed by atoms with E-state index in [-0.39, 0.29) is 0 Å². The van der Waals surface area contributed by atoms with Gasteiger partial charge in [-0.1, -0.05) is 0 Å². The summed E-state index contributed by atoms with van der Waals surface area (Å²) in [6.07, 6.45) is 6.12. The summed E-state index contributed by atoms with van der Waals surface area (Å²) in [5, 5.41) is 6.91. The molecule has 1 aromatic rings. The van der Waals surface area contributed by atoms with Crippen molar-refractivity contribution in [3.05, 3.63) is 40.8 Å². The second-order valence-corrected chi connectivity index (χ2v) is 7.35. The summed E-state index contributed by atoms with van der Waals surface area (Å²) in [6, 6.07) is 5.21. The topological polar surface area (TPSA) is 43.4 Å². The van der Waals surface area contributed by atoms with Gasteiger partial charge in [0.15, 0.2) is 0 Å². The number of pyridine rings is 1. The number of likely N-dealkylation sites (N-methyl/N-ethyl adjacent to an activating group) is 1. The molecule has 5 nitrogen and oxygen atoms in total. The zero-order valence-electron chi connectivity index (χ0n) is 13.9. The Kier molecular flexibility index (Phi) is 4.92. The molecule has 3 heterocycles. The van der Waals surface area contributed by atoms with Crippen molar-refractivity contribution in [1.29, 1.82) is 0 Å². The number of nitrogens with zero attached hydrogens (tertiary/aromatic N) is 3. The van der Waals surface area contributed by atoms with E-state index in [1.807, 2.05) is 6.20 Å². The smallest absolute Gasteiger partial charge is 0.130 e. The van der Waals surface area contributed by atoms with E-state index < -0.39 is 0 Å². The largest absolute Gasteiger partial charge is 0.374 e. The number of hydrogen-bond donors (Lipinski definition) is 2. The van der Waals surface area contributed by atoms with Crippen LogP contribution in [0.25, 0.3) is 0 Å². The third-order valence-electron chi connectivity index (χ3n) is 4.21. The summed E-state index contributed by atoms with van der Waals surface area (Å²) in [5.74, 6) is 0.881. The van der Waals surface area contributed by atoms with Gasteiger partial charge in [0.1, 0.15) is 5.82 Å². The van der Waals surface area contributed by atoms with Crippen molar-refractivity contribution in [3.8, 4) is 0 Å². The van der Waals surface area contributed by atoms with Gasteiger partial charge < -0.3 is 20.4 Å². The average Bonchev–Trinajstić information content (AvgIpc) is 2.49. The standard InChI is InChI=1S/C17H24BrN5/c1-12-9-23(13(2)7-19-12)16-4-5-17(20-8-16)21-15-6-14(18)10-22(3)11-15/h4-6,8,10,12-13,19H,7,9,11H2,1-3H3,(H,20,21)/t12-,13+/m1/s1. The third-order valence-corrected chi connectivity index (χ3v) is 4.64. The molecule has 0 radical (unpaired) electrons. The van der Waals surface area contributed by atoms with Crippen molar-refractivity contribution >= 4 is 27.4 Å². The van der Waals surface area contributed by atoms with E-state index in [9.17, 15) is 0 Å². The lowest BCUT2D eigenvalue weighted by Crippen LogP contribution is -2.54. The molecule has 0 aliphatic carbocycles. The Balaban J connectivity index is 1.69. The Labute approximate surface area is 146 Å². The minimum Gasteiger partial charge on any atom is -0.374 e. The highest BCUT2D eigenvalue weighted by Gasteiger charge is 2.22. The van der Waals surface area contributed by atoms with Crippen molar-refractivity contribution < 1.29 is 0 Å². The lowest BCUT2D eigenvalue weighted by Gasteiger charge is -2.39. The van der Waals surface area contributed by atoms with E-state index in [1.165, 1.54) is 5.69 Å². The highest BCUT2D eigenvalue weighted by molar-refractivity contribution is 9.11. The summed E-state index contributed by atoms with van der Waals surface area (Å²) in [7, 11) is 2.05. The van der Waals surface area contributed by atoms with E-state index in [0.29, 0.717) is 12.1 Å². The molecule has 124 valence electrons. The molecule has 0 spiro atoms. The molecule has 1 aromatic heterocycles. The zero-order chi connectivity index (χ0) is 16.4. The van der Waals surface area contributed by atoms with Crippen LogP contribution in [0.2, 0.25) is 0 Å². The molecule has 23 heavy (non-hydrogen) atoms. The van der Waals surface area contributed by atoms with Crippen molar-refractivity contribution in [2.75, 3.05) is 36.9 Å². The summed E-state index contributed by atoms with van der Waals surface area (Å²) >= 11 is 3.53. The van der Waals surface area contributed by atoms with Gasteiger partial charge in [0.05, 0.1) is 18.4 Å². The van der Waals surface area contributed by atoms with Crippen LogP contribution in [0.1, 0.15) is 13.8 Å². The third kappa shape index (κ3) is 4.06. The molecule has 0 unspecified atom stereocenters. The first-order valence-electron chi connectivity index (χ1n) is 8.02. The molecule has 1 saturated heterocycles. The number of allylic oxidation sites excluding steroid dienone is 2. The number of nitrogens with one attached hydrogen (secondary N) is 2. The zero-order valence-corrected chi connectivity index (χ0v) is 15.5. The van der Waals surface area contributed by atoms with Crippen LogP contribution >= 0.6 is 15.9 Å². The fraction of sp³-hybridized carbons (Fsp3) is 0.471. The molecule has 2 N–H and O–H groups in total. The number of anilines is 2. The van der Waals surface area contributed by atoms with Gasteiger partial charge in [-0.2, -0.15) is 0 Å². The lowest BCUT2D eigenvalue weighted by molar-refractivity contribution is 0.425. The van der Waals surface area contributed by atoms with Crippen LogP contribution in [0.15, 0.2) is 40.8 Å². The van der Waals surface area contributed by atoms with Gasteiger partial charge in [-0.3, -0.25) is 0 Å². The predicted octanol–water partition coefficient (Wildman–Crippen LogP) is 2.75. The normalized spacial score (nSPS) is 25.0. The van der Waals surface area contributed by atoms with Crippen LogP contribution in [0.4, 0.5) is 11.5 Å². The van der Waals surface area contributed by atoms with Gasteiger partial charge in [0.25, 0.3) is 0 Å². The molecule has 6 heteroatoms. The van der Waals surface area contributed by atoms with E-state index in [1.54, 1.807) is 0 Å². The Bertz CT molecular complexity index is 610. The molecule has 2 atom stereocenters. The monoisotopic (exact) mass is 377 g/mol. The van der Waals surface area contributed by atoms with Gasteiger partial charge in [-0.15, -0.1) is 0 Å². The molecule has 2 aliphatic rings. The summed E-state index contributed by atoms with van der Waals surface area (Å²) in [4.78, 5) is 9.14. The quantitative estimate of drug-likeness (QED) is 0.847. The average molecular weight is 378 g/mol. The Morgan fingerprint density at radius 3 is 2.87 bits per heavy atom. The molecular weight excluding hydrogens is 354 g/mol. The van der Waals surface area contributed by atoms with Gasteiger partial charge in [0.2, 0.25) is 0 Å². The maximum Gasteiger partial charge on any atom is 0.130 e. The first-order chi connectivity index (χ1) is 11.0. The van der Waals surface area contributed by atoms with Crippen LogP contribution in [-0.2, 0) is 0 Å². The Hall–Kier alpha value is -1.53. The molecule has 0 saturated carbocycles. The van der Waals surface area contributed by atoms with Gasteiger partial charge in [-0.05, 0) is 48.0 Å². The highest BCUT2D eigenvalue weighted by atomic mass is 79.9. The SMILES string of the molecule is C[C@@H]1CN(c2ccc(NC3=CC(Br)=CN(C)C3)nc2)[C@@H](C)CN1. The molecule has 0 bridgehead atoms. The number of aromatic nitrogens is 1. The molecule has 3 rings (SSSR count). The number of piperazine rings is 1. The maximum atomic E-state index is 4.59. The second kappa shape index (κ2) is 6.93. The molecule has 0 aromatic carbocycles. The minimum atomic E-state index is 0.489. The number of halogens is 1. The van der Waals surface area contributed by atoms with E-state index in [4.69, 9.17) is 0 Å². The molecule has 1 fully saturated rings. The van der Waals surface area contributed by atoms with Crippen LogP contribution in [0.5, 0.6) is 0 Å². The molecule has 0 amide bonds. The summed E-state index contributed by atoms with van der Waals surface area (Å²) < 4.78 is 1.06. The predicted molar refractivity (Wildman–Crippen MR) is 99.9 cm³/mol. The van der Waals surface area contributed by atoms with Crippen molar-refractivity contribution in [2.45, 2.75) is 25.9 Å². The van der Waals surface area contributed by atoms with Gasteiger partial charge >= 0.3 is 0 Å². The van der Waals surface area contributed by atoms with Crippen LogP contribution in [0.3, 0.4) is 0 Å². The Morgan fingerprint density at radius 2 is 2.17 bits per heavy atom. The van der Waals surface area contributed by atoms with E-state index in [0.717, 1.165) is 35.6 Å². The summed E-state index contributed by atoms with van der Waals surface area (Å²) in [6.45, 7) is 7.35. The van der Waals surface area contributed by atoms with Crippen molar-refractivity contribution in [2.24, 2.45) is 0 Å². The minimum absolute atomic E-state index is 0.489. The second-order valence-electron chi connectivity index (χ2n) is 6.44. The van der Waals surface area contributed by atoms with Gasteiger partial charge in [0, 0.05) is 48.6 Å². The van der Waals surface area contributed by atoms with E-state index in [2.05, 4.69) is 86.7 Å².